The number of H-pyrrole nitrogens is 1. The number of anilines is 4. The molecule has 4 N–H and O–H groups in total. The molecule has 1 aliphatic heterocycles. The molecule has 1 aliphatic rings. The normalized spacial score (nSPS) is 14.8. The van der Waals surface area contributed by atoms with E-state index >= 15 is 0 Å². The summed E-state index contributed by atoms with van der Waals surface area (Å²) in [6, 6.07) is 14.6. The molecule has 0 radical (unpaired) electrons. The number of nitrogen functional groups attached to an aromatic ring is 1. The maximum atomic E-state index is 6.33. The van der Waals surface area contributed by atoms with Gasteiger partial charge in [0.25, 0.3) is 0 Å². The van der Waals surface area contributed by atoms with Gasteiger partial charge in [-0.05, 0) is 55.4 Å². The van der Waals surface area contributed by atoms with E-state index in [1.165, 1.54) is 11.3 Å². The highest BCUT2D eigenvalue weighted by molar-refractivity contribution is 5.98. The zero-order valence-corrected chi connectivity index (χ0v) is 17.9. The van der Waals surface area contributed by atoms with Gasteiger partial charge in [-0.1, -0.05) is 12.1 Å². The molecule has 4 aromatic rings. The second-order valence-corrected chi connectivity index (χ2v) is 8.15. The standard InChI is InChI=1S/C24H27N7/c1-16-3-8-19(20-9-10-26-22(16)20)21-15-27-24(29-23(21)25)28-17-4-6-18(7-5-17)31-13-11-30(2)12-14-31/h3-10,15,26H,11-14H2,1-2H3,(H3,25,27,28,29). The van der Waals surface area contributed by atoms with Gasteiger partial charge >= 0.3 is 0 Å². The fourth-order valence-electron chi connectivity index (χ4n) is 4.15. The Bertz CT molecular complexity index is 1200. The molecule has 0 amide bonds. The van der Waals surface area contributed by atoms with Gasteiger partial charge in [0.05, 0.1) is 0 Å². The second-order valence-electron chi connectivity index (χ2n) is 8.15. The van der Waals surface area contributed by atoms with Crippen LogP contribution < -0.4 is 16.0 Å². The molecule has 0 unspecified atom stereocenters. The summed E-state index contributed by atoms with van der Waals surface area (Å²) in [6.07, 6.45) is 3.74. The lowest BCUT2D eigenvalue weighted by molar-refractivity contribution is 0.313. The number of likely N-dealkylation sites (N-methyl/N-ethyl adjacent to an activating group) is 1. The quantitative estimate of drug-likeness (QED) is 0.469. The minimum absolute atomic E-state index is 0.456. The number of rotatable bonds is 4. The largest absolute Gasteiger partial charge is 0.383 e. The van der Waals surface area contributed by atoms with Gasteiger partial charge in [-0.15, -0.1) is 0 Å². The maximum Gasteiger partial charge on any atom is 0.229 e. The molecule has 158 valence electrons. The molecule has 3 heterocycles. The van der Waals surface area contributed by atoms with Gasteiger partial charge in [-0.2, -0.15) is 4.98 Å². The molecular weight excluding hydrogens is 386 g/mol. The number of fused-ring (bicyclic) bond motifs is 1. The van der Waals surface area contributed by atoms with Crippen LogP contribution in [0.2, 0.25) is 0 Å². The SMILES string of the molecule is Cc1ccc(-c2cnc(Nc3ccc(N4CCN(C)CC4)cc3)nc2N)c2cc[nH]c12. The molecule has 5 rings (SSSR count). The summed E-state index contributed by atoms with van der Waals surface area (Å²) < 4.78 is 0. The first-order valence-electron chi connectivity index (χ1n) is 10.6. The summed E-state index contributed by atoms with van der Waals surface area (Å²) in [5.41, 5.74) is 12.7. The third-order valence-corrected chi connectivity index (χ3v) is 6.03. The van der Waals surface area contributed by atoms with Crippen molar-refractivity contribution in [2.75, 3.05) is 49.2 Å². The fraction of sp³-hybridized carbons (Fsp3) is 0.250. The minimum Gasteiger partial charge on any atom is -0.383 e. The van der Waals surface area contributed by atoms with Gasteiger partial charge in [0.1, 0.15) is 5.82 Å². The molecule has 1 fully saturated rings. The van der Waals surface area contributed by atoms with Crippen LogP contribution in [-0.2, 0) is 0 Å². The Balaban J connectivity index is 1.34. The van der Waals surface area contributed by atoms with Crippen molar-refractivity contribution in [2.24, 2.45) is 0 Å². The van der Waals surface area contributed by atoms with Crippen LogP contribution in [0.1, 0.15) is 5.56 Å². The molecule has 0 spiro atoms. The van der Waals surface area contributed by atoms with Crippen LogP contribution in [0.4, 0.5) is 23.1 Å². The molecule has 1 saturated heterocycles. The third-order valence-electron chi connectivity index (χ3n) is 6.03. The summed E-state index contributed by atoms with van der Waals surface area (Å²) in [5.74, 6) is 0.948. The number of nitrogens with two attached hydrogens (primary N) is 1. The van der Waals surface area contributed by atoms with E-state index in [0.717, 1.165) is 53.9 Å². The monoisotopic (exact) mass is 413 g/mol. The Kier molecular flexibility index (Phi) is 4.95. The second kappa shape index (κ2) is 7.92. The first kappa shape index (κ1) is 19.4. The number of benzene rings is 2. The van der Waals surface area contributed by atoms with Crippen LogP contribution in [0.5, 0.6) is 0 Å². The number of aromatic nitrogens is 3. The summed E-state index contributed by atoms with van der Waals surface area (Å²) in [4.78, 5) is 17.1. The Morgan fingerprint density at radius 2 is 1.74 bits per heavy atom. The van der Waals surface area contributed by atoms with Crippen molar-refractivity contribution in [1.82, 2.24) is 19.9 Å². The van der Waals surface area contributed by atoms with E-state index in [0.29, 0.717) is 11.8 Å². The van der Waals surface area contributed by atoms with Gasteiger partial charge in [-0.25, -0.2) is 4.98 Å². The highest BCUT2D eigenvalue weighted by Gasteiger charge is 2.15. The average molecular weight is 414 g/mol. The summed E-state index contributed by atoms with van der Waals surface area (Å²) >= 11 is 0. The van der Waals surface area contributed by atoms with Crippen molar-refractivity contribution in [1.29, 1.82) is 0 Å². The van der Waals surface area contributed by atoms with Crippen LogP contribution >= 0.6 is 0 Å². The molecular formula is C24H27N7. The number of hydrogen-bond donors (Lipinski definition) is 3. The van der Waals surface area contributed by atoms with Crippen molar-refractivity contribution in [3.8, 4) is 11.1 Å². The van der Waals surface area contributed by atoms with E-state index in [2.05, 4.69) is 86.5 Å². The molecule has 0 aliphatic carbocycles. The molecule has 7 heteroatoms. The van der Waals surface area contributed by atoms with Crippen LogP contribution in [0.25, 0.3) is 22.0 Å². The van der Waals surface area contributed by atoms with E-state index < -0.39 is 0 Å². The van der Waals surface area contributed by atoms with Crippen LogP contribution in [0.15, 0.2) is 54.9 Å². The van der Waals surface area contributed by atoms with Gasteiger partial charge in [0.2, 0.25) is 5.95 Å². The lowest BCUT2D eigenvalue weighted by Gasteiger charge is -2.34. The first-order chi connectivity index (χ1) is 15.1. The van der Waals surface area contributed by atoms with E-state index in [1.54, 1.807) is 6.20 Å². The van der Waals surface area contributed by atoms with Crippen LogP contribution in [0, 0.1) is 6.92 Å². The minimum atomic E-state index is 0.456. The van der Waals surface area contributed by atoms with E-state index in [1.807, 2.05) is 6.20 Å². The highest BCUT2D eigenvalue weighted by Crippen LogP contribution is 2.33. The predicted molar refractivity (Wildman–Crippen MR) is 128 cm³/mol. The molecule has 0 saturated carbocycles. The van der Waals surface area contributed by atoms with Crippen molar-refractivity contribution < 1.29 is 0 Å². The van der Waals surface area contributed by atoms with Crippen LogP contribution in [0.3, 0.4) is 0 Å². The topological polar surface area (TPSA) is 86.1 Å². The molecule has 0 atom stereocenters. The predicted octanol–water partition coefficient (Wildman–Crippen LogP) is 4.01. The van der Waals surface area contributed by atoms with Gasteiger partial charge in [0.15, 0.2) is 0 Å². The van der Waals surface area contributed by atoms with Crippen molar-refractivity contribution in [3.63, 3.8) is 0 Å². The average Bonchev–Trinajstić information content (AvgIpc) is 3.27. The summed E-state index contributed by atoms with van der Waals surface area (Å²) in [7, 11) is 2.17. The zero-order chi connectivity index (χ0) is 21.4. The van der Waals surface area contributed by atoms with Gasteiger partial charge in [0, 0.05) is 66.4 Å². The third kappa shape index (κ3) is 3.80. The number of nitrogens with zero attached hydrogens (tertiary/aromatic N) is 4. The number of aryl methyl sites for hydroxylation is 1. The lowest BCUT2D eigenvalue weighted by Crippen LogP contribution is -2.44. The maximum absolute atomic E-state index is 6.33. The van der Waals surface area contributed by atoms with Gasteiger partial charge in [-0.3, -0.25) is 0 Å². The Hall–Kier alpha value is -3.58. The molecule has 0 bridgehead atoms. The number of hydrogen-bond acceptors (Lipinski definition) is 6. The summed E-state index contributed by atoms with van der Waals surface area (Å²) in [5, 5.41) is 4.39. The van der Waals surface area contributed by atoms with Gasteiger partial charge < -0.3 is 25.8 Å². The van der Waals surface area contributed by atoms with E-state index in [-0.39, 0.29) is 0 Å². The molecule has 7 nitrogen and oxygen atoms in total. The number of piperazine rings is 1. The smallest absolute Gasteiger partial charge is 0.229 e. The van der Waals surface area contributed by atoms with Crippen molar-refractivity contribution in [3.05, 3.63) is 60.4 Å². The molecule has 2 aromatic heterocycles. The Morgan fingerprint density at radius 1 is 0.968 bits per heavy atom. The zero-order valence-electron chi connectivity index (χ0n) is 17.9. The Morgan fingerprint density at radius 3 is 2.48 bits per heavy atom. The van der Waals surface area contributed by atoms with Crippen LogP contribution in [-0.4, -0.2) is 53.1 Å². The van der Waals surface area contributed by atoms with Crippen molar-refractivity contribution >= 4 is 34.0 Å². The number of nitrogens with one attached hydrogen (secondary N) is 2. The fourth-order valence-corrected chi connectivity index (χ4v) is 4.15. The summed E-state index contributed by atoms with van der Waals surface area (Å²) in [6.45, 7) is 6.38. The lowest BCUT2D eigenvalue weighted by atomic mass is 10.0. The Labute approximate surface area is 181 Å². The number of aromatic amines is 1. The first-order valence-corrected chi connectivity index (χ1v) is 10.6. The van der Waals surface area contributed by atoms with Crippen molar-refractivity contribution in [2.45, 2.75) is 6.92 Å². The van der Waals surface area contributed by atoms with E-state index in [9.17, 15) is 0 Å². The highest BCUT2D eigenvalue weighted by atomic mass is 15.2. The molecule has 2 aromatic carbocycles. The van der Waals surface area contributed by atoms with E-state index in [4.69, 9.17) is 5.73 Å². The molecule has 31 heavy (non-hydrogen) atoms.